The van der Waals surface area contributed by atoms with Crippen molar-refractivity contribution >= 4 is 10.0 Å². The monoisotopic (exact) mass is 383 g/mol. The number of rotatable bonds is 6. The number of benzene rings is 2. The topological polar surface area (TPSA) is 92.1 Å². The molecule has 0 unspecified atom stereocenters. The van der Waals surface area contributed by atoms with Crippen LogP contribution in [0.1, 0.15) is 11.1 Å². The van der Waals surface area contributed by atoms with Crippen LogP contribution in [0.25, 0.3) is 0 Å². The SMILES string of the molecule is N#Cc1ccc(S(=O)(=O)NCc2cccnc2Oc2cccc(F)c2)cc1. The quantitative estimate of drug-likeness (QED) is 0.705. The van der Waals surface area contributed by atoms with E-state index in [9.17, 15) is 12.8 Å². The highest BCUT2D eigenvalue weighted by molar-refractivity contribution is 7.89. The molecule has 0 spiro atoms. The van der Waals surface area contributed by atoms with Crippen LogP contribution in [0.5, 0.6) is 11.6 Å². The Hall–Kier alpha value is -3.28. The van der Waals surface area contributed by atoms with Crippen LogP contribution in [-0.2, 0) is 16.6 Å². The van der Waals surface area contributed by atoms with Crippen molar-refractivity contribution in [1.82, 2.24) is 9.71 Å². The van der Waals surface area contributed by atoms with Crippen molar-refractivity contribution in [2.75, 3.05) is 0 Å². The second-order valence-electron chi connectivity index (χ2n) is 5.49. The van der Waals surface area contributed by atoms with Crippen LogP contribution < -0.4 is 9.46 Å². The standard InChI is InChI=1S/C19H14FN3O3S/c20-16-4-1-5-17(11-16)26-19-15(3-2-10-22-19)13-23-27(24,25)18-8-6-14(12-21)7-9-18/h1-11,23H,13H2. The molecule has 0 amide bonds. The molecule has 27 heavy (non-hydrogen) atoms. The van der Waals surface area contributed by atoms with Crippen molar-refractivity contribution in [3.63, 3.8) is 0 Å². The lowest BCUT2D eigenvalue weighted by molar-refractivity contribution is 0.451. The summed E-state index contributed by atoms with van der Waals surface area (Å²) >= 11 is 0. The van der Waals surface area contributed by atoms with Gasteiger partial charge in [-0.15, -0.1) is 0 Å². The summed E-state index contributed by atoms with van der Waals surface area (Å²) in [6.45, 7) is -0.0686. The van der Waals surface area contributed by atoms with E-state index in [0.29, 0.717) is 11.1 Å². The highest BCUT2D eigenvalue weighted by atomic mass is 32.2. The first-order valence-electron chi connectivity index (χ1n) is 7.85. The number of nitrogens with zero attached hydrogens (tertiary/aromatic N) is 2. The van der Waals surface area contributed by atoms with Crippen LogP contribution in [0.4, 0.5) is 4.39 Å². The maximum Gasteiger partial charge on any atom is 0.240 e. The lowest BCUT2D eigenvalue weighted by atomic mass is 10.2. The first-order valence-corrected chi connectivity index (χ1v) is 9.33. The average molecular weight is 383 g/mol. The average Bonchev–Trinajstić information content (AvgIpc) is 2.67. The summed E-state index contributed by atoms with van der Waals surface area (Å²) in [5.41, 5.74) is 0.853. The Morgan fingerprint density at radius 2 is 1.89 bits per heavy atom. The molecule has 0 aliphatic rings. The number of hydrogen-bond donors (Lipinski definition) is 1. The number of halogens is 1. The molecule has 0 fully saturated rings. The minimum Gasteiger partial charge on any atom is -0.439 e. The number of nitrogens with one attached hydrogen (secondary N) is 1. The Morgan fingerprint density at radius 1 is 1.11 bits per heavy atom. The van der Waals surface area contributed by atoms with E-state index < -0.39 is 15.8 Å². The van der Waals surface area contributed by atoms with Gasteiger partial charge in [0.05, 0.1) is 16.5 Å². The molecule has 0 radical (unpaired) electrons. The molecule has 0 atom stereocenters. The van der Waals surface area contributed by atoms with Gasteiger partial charge in [0, 0.05) is 24.4 Å². The van der Waals surface area contributed by atoms with Crippen LogP contribution in [0.3, 0.4) is 0 Å². The predicted octanol–water partition coefficient (Wildman–Crippen LogP) is 3.36. The van der Waals surface area contributed by atoms with Gasteiger partial charge in [-0.25, -0.2) is 22.5 Å². The minimum absolute atomic E-state index is 0.0398. The number of ether oxygens (including phenoxy) is 1. The van der Waals surface area contributed by atoms with Crippen molar-refractivity contribution in [1.29, 1.82) is 5.26 Å². The van der Waals surface area contributed by atoms with Crippen LogP contribution in [0.2, 0.25) is 0 Å². The summed E-state index contributed by atoms with van der Waals surface area (Å²) in [6, 6.07) is 16.4. The van der Waals surface area contributed by atoms with E-state index in [1.165, 1.54) is 48.7 Å². The van der Waals surface area contributed by atoms with Crippen LogP contribution in [0.15, 0.2) is 71.8 Å². The summed E-state index contributed by atoms with van der Waals surface area (Å²) in [4.78, 5) is 4.12. The van der Waals surface area contributed by atoms with E-state index in [2.05, 4.69) is 9.71 Å². The van der Waals surface area contributed by atoms with Gasteiger partial charge in [-0.2, -0.15) is 5.26 Å². The third kappa shape index (κ3) is 4.67. The molecule has 0 saturated carbocycles. The minimum atomic E-state index is -3.78. The third-order valence-electron chi connectivity index (χ3n) is 3.61. The zero-order chi connectivity index (χ0) is 19.3. The van der Waals surface area contributed by atoms with E-state index >= 15 is 0 Å². The van der Waals surface area contributed by atoms with Gasteiger partial charge in [0.2, 0.25) is 15.9 Å². The molecule has 136 valence electrons. The van der Waals surface area contributed by atoms with Gasteiger partial charge in [0.15, 0.2) is 0 Å². The molecule has 0 aliphatic heterocycles. The fraction of sp³-hybridized carbons (Fsp3) is 0.0526. The number of hydrogen-bond acceptors (Lipinski definition) is 5. The molecule has 0 saturated heterocycles. The fourth-order valence-corrected chi connectivity index (χ4v) is 3.26. The Morgan fingerprint density at radius 3 is 2.59 bits per heavy atom. The summed E-state index contributed by atoms with van der Waals surface area (Å²) in [7, 11) is -3.78. The van der Waals surface area contributed by atoms with Crippen LogP contribution >= 0.6 is 0 Å². The summed E-state index contributed by atoms with van der Waals surface area (Å²) in [6.07, 6.45) is 1.49. The molecule has 1 aromatic heterocycles. The maximum atomic E-state index is 13.3. The first kappa shape index (κ1) is 18.5. The van der Waals surface area contributed by atoms with Crippen molar-refractivity contribution in [2.45, 2.75) is 11.4 Å². The van der Waals surface area contributed by atoms with E-state index in [0.717, 1.165) is 0 Å². The second-order valence-corrected chi connectivity index (χ2v) is 7.25. The molecular formula is C19H14FN3O3S. The first-order chi connectivity index (χ1) is 13.0. The Kier molecular flexibility index (Phi) is 5.45. The van der Waals surface area contributed by atoms with Crippen molar-refractivity contribution in [3.05, 3.63) is 83.8 Å². The lowest BCUT2D eigenvalue weighted by Gasteiger charge is -2.11. The van der Waals surface area contributed by atoms with E-state index in [-0.39, 0.29) is 23.1 Å². The third-order valence-corrected chi connectivity index (χ3v) is 5.02. The van der Waals surface area contributed by atoms with Gasteiger partial charge in [-0.05, 0) is 42.5 Å². The highest BCUT2D eigenvalue weighted by Crippen LogP contribution is 2.23. The van der Waals surface area contributed by atoms with Crippen molar-refractivity contribution < 1.29 is 17.5 Å². The molecule has 0 bridgehead atoms. The van der Waals surface area contributed by atoms with Crippen molar-refractivity contribution in [2.24, 2.45) is 0 Å². The molecule has 8 heteroatoms. The maximum absolute atomic E-state index is 13.3. The summed E-state index contributed by atoms with van der Waals surface area (Å²) in [5.74, 6) is -0.0259. The van der Waals surface area contributed by atoms with Gasteiger partial charge < -0.3 is 4.74 Å². The highest BCUT2D eigenvalue weighted by Gasteiger charge is 2.15. The van der Waals surface area contributed by atoms with Crippen LogP contribution in [0, 0.1) is 17.1 Å². The van der Waals surface area contributed by atoms with Gasteiger partial charge >= 0.3 is 0 Å². The zero-order valence-electron chi connectivity index (χ0n) is 14.0. The van der Waals surface area contributed by atoms with Gasteiger partial charge in [0.25, 0.3) is 0 Å². The Bertz CT molecular complexity index is 1090. The van der Waals surface area contributed by atoms with Crippen LogP contribution in [-0.4, -0.2) is 13.4 Å². The number of nitriles is 1. The Balaban J connectivity index is 1.77. The second kappa shape index (κ2) is 7.95. The largest absolute Gasteiger partial charge is 0.439 e. The van der Waals surface area contributed by atoms with E-state index in [4.69, 9.17) is 10.00 Å². The molecule has 1 heterocycles. The van der Waals surface area contributed by atoms with Crippen molar-refractivity contribution in [3.8, 4) is 17.7 Å². The summed E-state index contributed by atoms with van der Waals surface area (Å²) < 4.78 is 46.2. The Labute approximate surface area is 155 Å². The van der Waals surface area contributed by atoms with Gasteiger partial charge in [-0.1, -0.05) is 12.1 Å². The zero-order valence-corrected chi connectivity index (χ0v) is 14.8. The molecule has 2 aromatic carbocycles. The summed E-state index contributed by atoms with van der Waals surface area (Å²) in [5, 5.41) is 8.79. The molecule has 3 rings (SSSR count). The number of pyridine rings is 1. The normalized spacial score (nSPS) is 11.0. The molecule has 6 nitrogen and oxygen atoms in total. The van der Waals surface area contributed by atoms with Gasteiger partial charge in [-0.3, -0.25) is 0 Å². The number of aromatic nitrogens is 1. The fourth-order valence-electron chi connectivity index (χ4n) is 2.26. The van der Waals surface area contributed by atoms with E-state index in [1.54, 1.807) is 18.2 Å². The predicted molar refractivity (Wildman–Crippen MR) is 95.9 cm³/mol. The number of sulfonamides is 1. The molecule has 0 aliphatic carbocycles. The molecular weight excluding hydrogens is 369 g/mol. The van der Waals surface area contributed by atoms with E-state index in [1.807, 2.05) is 6.07 Å². The molecule has 1 N–H and O–H groups in total. The molecule has 3 aromatic rings. The lowest BCUT2D eigenvalue weighted by Crippen LogP contribution is -2.23. The smallest absolute Gasteiger partial charge is 0.240 e. The van der Waals surface area contributed by atoms with Gasteiger partial charge in [0.1, 0.15) is 11.6 Å².